The highest BCUT2D eigenvalue weighted by Crippen LogP contribution is 2.26. The van der Waals surface area contributed by atoms with E-state index in [1.807, 2.05) is 6.92 Å². The second-order valence-corrected chi connectivity index (χ2v) is 2.70. The third-order valence-electron chi connectivity index (χ3n) is 1.73. The monoisotopic (exact) mass is 169 g/mol. The minimum absolute atomic E-state index is 0.00523. The van der Waals surface area contributed by atoms with Crippen molar-refractivity contribution in [2.75, 3.05) is 0 Å². The summed E-state index contributed by atoms with van der Waals surface area (Å²) in [5.41, 5.74) is 0. The van der Waals surface area contributed by atoms with Gasteiger partial charge in [-0.1, -0.05) is 0 Å². The number of imidazole rings is 1. The summed E-state index contributed by atoms with van der Waals surface area (Å²) in [6.45, 7) is 2.35. The van der Waals surface area contributed by atoms with E-state index in [-0.39, 0.29) is 11.9 Å². The fourth-order valence-electron chi connectivity index (χ4n) is 1.24. The smallest absolute Gasteiger partial charge is 0.391 e. The van der Waals surface area contributed by atoms with E-state index in [2.05, 4.69) is 4.98 Å². The van der Waals surface area contributed by atoms with Gasteiger partial charge in [-0.15, -0.1) is 0 Å². The first-order valence-corrected chi connectivity index (χ1v) is 3.55. The molecule has 1 aliphatic heterocycles. The number of aromatic nitrogens is 2. The van der Waals surface area contributed by atoms with Gasteiger partial charge < -0.3 is 14.9 Å². The zero-order valence-corrected chi connectivity index (χ0v) is 6.43. The Hall–Kier alpha value is -1.59. The van der Waals surface area contributed by atoms with Crippen molar-refractivity contribution in [1.82, 2.24) is 9.55 Å². The van der Waals surface area contributed by atoms with E-state index >= 15 is 0 Å². The maximum atomic E-state index is 10.4. The van der Waals surface area contributed by atoms with Crippen LogP contribution in [0.15, 0.2) is 6.20 Å². The van der Waals surface area contributed by atoms with Crippen molar-refractivity contribution in [2.24, 2.45) is 0 Å². The van der Waals surface area contributed by atoms with Crippen molar-refractivity contribution in [3.8, 4) is 6.01 Å². The second kappa shape index (κ2) is 2.20. The quantitative estimate of drug-likeness (QED) is 0.455. The van der Waals surface area contributed by atoms with Gasteiger partial charge in [-0.3, -0.25) is 0 Å². The molecule has 1 aromatic rings. The van der Waals surface area contributed by atoms with Crippen LogP contribution in [0, 0.1) is 10.1 Å². The fourth-order valence-corrected chi connectivity index (χ4v) is 1.24. The van der Waals surface area contributed by atoms with E-state index < -0.39 is 4.92 Å². The minimum Gasteiger partial charge on any atom is -0.440 e. The molecule has 1 aromatic heterocycles. The molecule has 0 saturated heterocycles. The van der Waals surface area contributed by atoms with Crippen molar-refractivity contribution >= 4 is 5.82 Å². The lowest BCUT2D eigenvalue weighted by molar-refractivity contribution is -0.392. The van der Waals surface area contributed by atoms with Gasteiger partial charge in [0.25, 0.3) is 0 Å². The van der Waals surface area contributed by atoms with E-state index in [0.717, 1.165) is 0 Å². The average molecular weight is 169 g/mol. The number of nitro groups is 1. The minimum atomic E-state index is -0.460. The number of nitrogens with zero attached hydrogens (tertiary/aromatic N) is 3. The fraction of sp³-hybridized carbons (Fsp3) is 0.500. The number of fused-ring (bicyclic) bond motifs is 1. The van der Waals surface area contributed by atoms with Crippen LogP contribution in [0.3, 0.4) is 0 Å². The highest BCUT2D eigenvalue weighted by molar-refractivity contribution is 5.24. The van der Waals surface area contributed by atoms with Crippen LogP contribution in [-0.2, 0) is 6.54 Å². The molecular weight excluding hydrogens is 162 g/mol. The summed E-state index contributed by atoms with van der Waals surface area (Å²) in [4.78, 5) is 13.7. The van der Waals surface area contributed by atoms with Gasteiger partial charge in [0.05, 0.1) is 0 Å². The summed E-state index contributed by atoms with van der Waals surface area (Å²) in [6, 6.07) is 0.342. The lowest BCUT2D eigenvalue weighted by Gasteiger charge is -1.95. The lowest BCUT2D eigenvalue weighted by Crippen LogP contribution is -2.09. The van der Waals surface area contributed by atoms with Crippen molar-refractivity contribution in [1.29, 1.82) is 0 Å². The van der Waals surface area contributed by atoms with Crippen molar-refractivity contribution in [3.05, 3.63) is 16.3 Å². The predicted octanol–water partition coefficient (Wildman–Crippen LogP) is 0.572. The highest BCUT2D eigenvalue weighted by Gasteiger charge is 2.30. The highest BCUT2D eigenvalue weighted by atomic mass is 16.6. The molecule has 6 nitrogen and oxygen atoms in total. The molecule has 0 bridgehead atoms. The van der Waals surface area contributed by atoms with E-state index in [1.165, 1.54) is 10.8 Å². The van der Waals surface area contributed by atoms with Crippen LogP contribution >= 0.6 is 0 Å². The van der Waals surface area contributed by atoms with Gasteiger partial charge >= 0.3 is 11.8 Å². The third kappa shape index (κ3) is 0.843. The van der Waals surface area contributed by atoms with E-state index in [1.54, 1.807) is 0 Å². The molecule has 2 heterocycles. The Labute approximate surface area is 67.9 Å². The molecule has 0 radical (unpaired) electrons. The van der Waals surface area contributed by atoms with Crippen molar-refractivity contribution in [3.63, 3.8) is 0 Å². The molecule has 12 heavy (non-hydrogen) atoms. The average Bonchev–Trinajstić information content (AvgIpc) is 2.43. The standard InChI is InChI=1S/C6H7N3O3/c1-4-3-8-5(9(10)11)2-7-6(8)12-4/h2,4H,3H2,1H3/t4-/m1/s1. The van der Waals surface area contributed by atoms with Gasteiger partial charge in [-0.05, 0) is 11.8 Å². The Morgan fingerprint density at radius 1 is 1.92 bits per heavy atom. The van der Waals surface area contributed by atoms with Gasteiger partial charge in [-0.2, -0.15) is 9.55 Å². The molecule has 2 rings (SSSR count). The Kier molecular flexibility index (Phi) is 1.30. The molecule has 1 aliphatic rings. The Balaban J connectivity index is 2.43. The van der Waals surface area contributed by atoms with Crippen LogP contribution in [0.1, 0.15) is 6.92 Å². The Morgan fingerprint density at radius 3 is 3.33 bits per heavy atom. The van der Waals surface area contributed by atoms with E-state index in [4.69, 9.17) is 4.74 Å². The van der Waals surface area contributed by atoms with Gasteiger partial charge in [0.1, 0.15) is 18.8 Å². The van der Waals surface area contributed by atoms with Crippen LogP contribution < -0.4 is 4.74 Å². The van der Waals surface area contributed by atoms with Crippen molar-refractivity contribution < 1.29 is 9.66 Å². The van der Waals surface area contributed by atoms with Gasteiger partial charge in [0.2, 0.25) is 0 Å². The molecule has 0 saturated carbocycles. The number of hydrogen-bond acceptors (Lipinski definition) is 4. The maximum absolute atomic E-state index is 10.4. The van der Waals surface area contributed by atoms with Gasteiger partial charge in [0.15, 0.2) is 0 Å². The summed E-state index contributed by atoms with van der Waals surface area (Å²) in [5, 5.41) is 10.4. The largest absolute Gasteiger partial charge is 0.440 e. The topological polar surface area (TPSA) is 70.2 Å². The summed E-state index contributed by atoms with van der Waals surface area (Å²) >= 11 is 0. The van der Waals surface area contributed by atoms with Gasteiger partial charge in [-0.25, -0.2) is 0 Å². The second-order valence-electron chi connectivity index (χ2n) is 2.70. The molecule has 1 atom stereocenters. The van der Waals surface area contributed by atoms with E-state index in [0.29, 0.717) is 12.6 Å². The SMILES string of the molecule is C[C@@H]1Cn2c([N+](=O)[O-])cnc2O1. The predicted molar refractivity (Wildman–Crippen MR) is 39.0 cm³/mol. The molecular formula is C6H7N3O3. The number of rotatable bonds is 1. The molecule has 0 spiro atoms. The summed E-state index contributed by atoms with van der Waals surface area (Å²) < 4.78 is 6.65. The molecule has 0 unspecified atom stereocenters. The molecule has 0 N–H and O–H groups in total. The first-order chi connectivity index (χ1) is 5.68. The molecule has 6 heteroatoms. The number of hydrogen-bond donors (Lipinski definition) is 0. The van der Waals surface area contributed by atoms with Crippen LogP contribution in [-0.4, -0.2) is 20.6 Å². The van der Waals surface area contributed by atoms with Crippen LogP contribution in [0.4, 0.5) is 5.82 Å². The first-order valence-electron chi connectivity index (χ1n) is 3.55. The Morgan fingerprint density at radius 2 is 2.67 bits per heavy atom. The summed E-state index contributed by atoms with van der Waals surface area (Å²) in [6.07, 6.45) is 1.19. The normalized spacial score (nSPS) is 20.2. The number of ether oxygens (including phenoxy) is 1. The molecule has 0 aromatic carbocycles. The van der Waals surface area contributed by atoms with Crippen molar-refractivity contribution in [2.45, 2.75) is 19.6 Å². The Bertz CT molecular complexity index is 333. The van der Waals surface area contributed by atoms with E-state index in [9.17, 15) is 10.1 Å². The van der Waals surface area contributed by atoms with Crippen LogP contribution in [0.5, 0.6) is 6.01 Å². The molecule has 64 valence electrons. The van der Waals surface area contributed by atoms with Crippen LogP contribution in [0.2, 0.25) is 0 Å². The zero-order valence-electron chi connectivity index (χ0n) is 6.43. The summed E-state index contributed by atoms with van der Waals surface area (Å²) in [7, 11) is 0. The first kappa shape index (κ1) is 7.08. The molecule has 0 aliphatic carbocycles. The summed E-state index contributed by atoms with van der Waals surface area (Å²) in [5.74, 6) is -0.00523. The van der Waals surface area contributed by atoms with Gasteiger partial charge in [0, 0.05) is 0 Å². The molecule has 0 fully saturated rings. The zero-order chi connectivity index (χ0) is 8.72. The third-order valence-corrected chi connectivity index (χ3v) is 1.73. The molecule has 0 amide bonds. The maximum Gasteiger partial charge on any atom is 0.391 e. The lowest BCUT2D eigenvalue weighted by atomic mass is 10.4. The van der Waals surface area contributed by atoms with Crippen LogP contribution in [0.25, 0.3) is 0 Å².